The molecule has 0 aromatic rings. The Bertz CT molecular complexity index is 129. The highest BCUT2D eigenvalue weighted by molar-refractivity contribution is 4.79. The monoisotopic (exact) mass is 244 g/mol. The zero-order valence-corrected chi connectivity index (χ0v) is 14.5. The summed E-state index contributed by atoms with van der Waals surface area (Å²) in [5, 5.41) is 0. The second-order valence-electron chi connectivity index (χ2n) is 5.92. The van der Waals surface area contributed by atoms with Gasteiger partial charge in [-0.1, -0.05) is 94.9 Å². The smallest absolute Gasteiger partial charge is 0.0326 e. The van der Waals surface area contributed by atoms with Crippen LogP contribution in [0, 0.1) is 10.8 Å². The highest BCUT2D eigenvalue weighted by Gasteiger charge is 2.28. The van der Waals surface area contributed by atoms with Crippen LogP contribution in [0.15, 0.2) is 0 Å². The molecule has 0 nitrogen and oxygen atoms in total. The first-order valence-corrected chi connectivity index (χ1v) is 7.80. The molecule has 108 valence electrons. The maximum Gasteiger partial charge on any atom is -0.0326 e. The molecule has 0 fully saturated rings. The predicted molar refractivity (Wildman–Crippen MR) is 84.7 cm³/mol. The van der Waals surface area contributed by atoms with Crippen molar-refractivity contribution in [3.63, 3.8) is 0 Å². The van der Waals surface area contributed by atoms with Gasteiger partial charge in [-0.15, -0.1) is 0 Å². The van der Waals surface area contributed by atoms with Gasteiger partial charge in [0.15, 0.2) is 0 Å². The van der Waals surface area contributed by atoms with Gasteiger partial charge in [0.05, 0.1) is 0 Å². The Morgan fingerprint density at radius 2 is 0.941 bits per heavy atom. The maximum absolute atomic E-state index is 2.42. The first-order valence-electron chi connectivity index (χ1n) is 7.80. The summed E-state index contributed by atoms with van der Waals surface area (Å²) in [4.78, 5) is 0. The van der Waals surface area contributed by atoms with Crippen LogP contribution in [0.2, 0.25) is 0 Å². The van der Waals surface area contributed by atoms with E-state index in [2.05, 4.69) is 55.4 Å². The Kier molecular flexibility index (Phi) is 16.3. The molecule has 0 rings (SSSR count). The Hall–Kier alpha value is 0. The van der Waals surface area contributed by atoms with Crippen LogP contribution in [-0.2, 0) is 0 Å². The third-order valence-electron chi connectivity index (χ3n) is 3.57. The van der Waals surface area contributed by atoms with Crippen molar-refractivity contribution in [3.05, 3.63) is 0 Å². The molecule has 0 amide bonds. The van der Waals surface area contributed by atoms with Crippen LogP contribution in [-0.4, -0.2) is 0 Å². The van der Waals surface area contributed by atoms with Crippen LogP contribution in [0.3, 0.4) is 0 Å². The van der Waals surface area contributed by atoms with Crippen molar-refractivity contribution < 1.29 is 0 Å². The van der Waals surface area contributed by atoms with Gasteiger partial charge in [-0.3, -0.25) is 0 Å². The fourth-order valence-corrected chi connectivity index (χ4v) is 1.78. The summed E-state index contributed by atoms with van der Waals surface area (Å²) >= 11 is 0. The fourth-order valence-electron chi connectivity index (χ4n) is 1.78. The molecule has 0 aliphatic rings. The Labute approximate surface area is 113 Å². The van der Waals surface area contributed by atoms with E-state index < -0.39 is 0 Å². The van der Waals surface area contributed by atoms with Gasteiger partial charge in [0.25, 0.3) is 0 Å². The van der Waals surface area contributed by atoms with Crippen molar-refractivity contribution in [2.24, 2.45) is 10.8 Å². The Balaban J connectivity index is -0.000000337. The molecule has 0 bridgehead atoms. The van der Waals surface area contributed by atoms with Crippen LogP contribution in [0.4, 0.5) is 0 Å². The second-order valence-corrected chi connectivity index (χ2v) is 5.92. The fraction of sp³-hybridized carbons (Fsp3) is 1.00. The summed E-state index contributed by atoms with van der Waals surface area (Å²) in [5.41, 5.74) is 1.10. The topological polar surface area (TPSA) is 0 Å². The minimum Gasteiger partial charge on any atom is -0.0683 e. The lowest BCUT2D eigenvalue weighted by atomic mass is 9.70. The van der Waals surface area contributed by atoms with E-state index in [0.717, 1.165) is 0 Å². The number of hydrogen-bond acceptors (Lipinski definition) is 0. The first-order chi connectivity index (χ1) is 7.80. The van der Waals surface area contributed by atoms with Crippen LogP contribution in [0.5, 0.6) is 0 Å². The van der Waals surface area contributed by atoms with Crippen LogP contribution in [0.1, 0.15) is 101 Å². The van der Waals surface area contributed by atoms with Gasteiger partial charge in [-0.05, 0) is 17.3 Å². The Morgan fingerprint density at radius 1 is 0.647 bits per heavy atom. The second kappa shape index (κ2) is 12.5. The van der Waals surface area contributed by atoms with Crippen LogP contribution < -0.4 is 0 Å². The minimum atomic E-state index is 0.529. The molecule has 0 N–H and O–H groups in total. The van der Waals surface area contributed by atoms with E-state index in [-0.39, 0.29) is 0 Å². The molecule has 0 heteroatoms. The van der Waals surface area contributed by atoms with Gasteiger partial charge in [-0.25, -0.2) is 0 Å². The van der Waals surface area contributed by atoms with Crippen LogP contribution >= 0.6 is 0 Å². The van der Waals surface area contributed by atoms with E-state index in [1.807, 2.05) is 13.8 Å². The van der Waals surface area contributed by atoms with Crippen molar-refractivity contribution in [2.45, 2.75) is 101 Å². The predicted octanol–water partition coefficient (Wildman–Crippen LogP) is 7.08. The summed E-state index contributed by atoms with van der Waals surface area (Å²) in [6.07, 6.45) is 6.53. The van der Waals surface area contributed by atoms with E-state index >= 15 is 0 Å². The number of rotatable bonds is 5. The van der Waals surface area contributed by atoms with E-state index in [4.69, 9.17) is 0 Å². The van der Waals surface area contributed by atoms with Gasteiger partial charge >= 0.3 is 0 Å². The molecule has 0 aliphatic heterocycles. The molecular formula is C17H40. The minimum absolute atomic E-state index is 0.529. The third kappa shape index (κ3) is 13.9. The molecule has 0 aliphatic carbocycles. The average molecular weight is 245 g/mol. The Morgan fingerprint density at radius 3 is 1.12 bits per heavy atom. The van der Waals surface area contributed by atoms with Crippen LogP contribution in [0.25, 0.3) is 0 Å². The summed E-state index contributed by atoms with van der Waals surface area (Å²) in [5.74, 6) is 0. The zero-order chi connectivity index (χ0) is 14.5. The summed E-state index contributed by atoms with van der Waals surface area (Å²) < 4.78 is 0. The maximum atomic E-state index is 2.42. The molecule has 0 atom stereocenters. The highest BCUT2D eigenvalue weighted by Crippen LogP contribution is 2.40. The van der Waals surface area contributed by atoms with Gasteiger partial charge in [0.2, 0.25) is 0 Å². The van der Waals surface area contributed by atoms with Crippen molar-refractivity contribution >= 4 is 0 Å². The zero-order valence-electron chi connectivity index (χ0n) is 14.5. The van der Waals surface area contributed by atoms with E-state index in [1.165, 1.54) is 32.1 Å². The molecule has 0 spiro atoms. The molecule has 0 radical (unpaired) electrons. The lowest BCUT2D eigenvalue weighted by Crippen LogP contribution is -2.24. The molecule has 0 unspecified atom stereocenters. The molecular weight excluding hydrogens is 204 g/mol. The van der Waals surface area contributed by atoms with Crippen molar-refractivity contribution in [1.82, 2.24) is 0 Å². The molecule has 0 aromatic carbocycles. The van der Waals surface area contributed by atoms with E-state index in [9.17, 15) is 0 Å². The standard InChI is InChI=1S/C12H26.C3H8.C2H6/c1-7-11(4,5)10-12(6,8-2)9-3;1-3-2;1-2/h7-10H2,1-6H3;3H2,1-2H3;1-2H3. The summed E-state index contributed by atoms with van der Waals surface area (Å²) in [7, 11) is 0. The third-order valence-corrected chi connectivity index (χ3v) is 3.57. The van der Waals surface area contributed by atoms with Crippen molar-refractivity contribution in [1.29, 1.82) is 0 Å². The van der Waals surface area contributed by atoms with E-state index in [0.29, 0.717) is 10.8 Å². The molecule has 0 heterocycles. The molecule has 0 aromatic heterocycles. The largest absolute Gasteiger partial charge is 0.0683 e. The van der Waals surface area contributed by atoms with Gasteiger partial charge in [0, 0.05) is 0 Å². The SMILES string of the molecule is CC.CCC.CCC(C)(C)CC(C)(CC)CC. The lowest BCUT2D eigenvalue weighted by Gasteiger charge is -2.35. The van der Waals surface area contributed by atoms with Crippen molar-refractivity contribution in [3.8, 4) is 0 Å². The first kappa shape index (κ1) is 22.2. The lowest BCUT2D eigenvalue weighted by molar-refractivity contribution is 0.159. The highest BCUT2D eigenvalue weighted by atomic mass is 14.3. The molecule has 17 heavy (non-hydrogen) atoms. The van der Waals surface area contributed by atoms with Crippen molar-refractivity contribution in [2.75, 3.05) is 0 Å². The quantitative estimate of drug-likeness (QED) is 0.484. The summed E-state index contributed by atoms with van der Waals surface area (Å²) in [6.45, 7) is 22.4. The average Bonchev–Trinajstić information content (AvgIpc) is 2.32. The number of hydrogen-bond donors (Lipinski definition) is 0. The summed E-state index contributed by atoms with van der Waals surface area (Å²) in [6, 6.07) is 0. The van der Waals surface area contributed by atoms with Gasteiger partial charge < -0.3 is 0 Å². The van der Waals surface area contributed by atoms with E-state index in [1.54, 1.807) is 0 Å². The van der Waals surface area contributed by atoms with Gasteiger partial charge in [0.1, 0.15) is 0 Å². The van der Waals surface area contributed by atoms with Gasteiger partial charge in [-0.2, -0.15) is 0 Å². The molecule has 0 saturated carbocycles. The molecule has 0 saturated heterocycles. The normalized spacial score (nSPS) is 10.9.